The zero-order chi connectivity index (χ0) is 19.8. The van der Waals surface area contributed by atoms with E-state index in [1.807, 2.05) is 18.2 Å². The van der Waals surface area contributed by atoms with Gasteiger partial charge in [0.05, 0.1) is 22.3 Å². The summed E-state index contributed by atoms with van der Waals surface area (Å²) in [4.78, 5) is 12.9. The topological polar surface area (TPSA) is 80.0 Å². The van der Waals surface area contributed by atoms with Gasteiger partial charge in [-0.25, -0.2) is 0 Å². The lowest BCUT2D eigenvalue weighted by Crippen LogP contribution is -2.03. The van der Waals surface area contributed by atoms with Crippen LogP contribution >= 0.6 is 23.2 Å². The monoisotopic (exact) mass is 406 g/mol. The summed E-state index contributed by atoms with van der Waals surface area (Å²) in [6.07, 6.45) is 0. The van der Waals surface area contributed by atoms with Crippen LogP contribution < -0.4 is 5.73 Å². The lowest BCUT2D eigenvalue weighted by molar-refractivity contribution is 0.101. The third-order valence-electron chi connectivity index (χ3n) is 4.44. The van der Waals surface area contributed by atoms with Gasteiger partial charge in [0.2, 0.25) is 5.78 Å². The fourth-order valence-corrected chi connectivity index (χ4v) is 3.52. The highest BCUT2D eigenvalue weighted by Gasteiger charge is 2.22. The Morgan fingerprint density at radius 2 is 1.79 bits per heavy atom. The molecule has 0 aliphatic rings. The number of nitrogen functional groups attached to an aromatic ring is 1. The first kappa shape index (κ1) is 18.1. The van der Waals surface area contributed by atoms with E-state index in [-0.39, 0.29) is 22.0 Å². The molecule has 0 saturated carbocycles. The van der Waals surface area contributed by atoms with Crippen molar-refractivity contribution in [2.75, 3.05) is 5.73 Å². The Kier molecular flexibility index (Phi) is 4.56. The van der Waals surface area contributed by atoms with Gasteiger partial charge in [0, 0.05) is 16.0 Å². The van der Waals surface area contributed by atoms with Crippen molar-refractivity contribution in [3.63, 3.8) is 0 Å². The predicted molar refractivity (Wildman–Crippen MR) is 111 cm³/mol. The second kappa shape index (κ2) is 7.05. The minimum atomic E-state index is -0.414. The van der Waals surface area contributed by atoms with Gasteiger partial charge >= 0.3 is 0 Å². The highest BCUT2D eigenvalue weighted by atomic mass is 35.5. The van der Waals surface area contributed by atoms with Crippen LogP contribution in [0.4, 0.5) is 5.69 Å². The summed E-state index contributed by atoms with van der Waals surface area (Å²) in [5, 5.41) is 10.4. The van der Waals surface area contributed by atoms with Gasteiger partial charge in [-0.2, -0.15) is 5.26 Å². The molecule has 0 bridgehead atoms. The molecule has 3 aromatic carbocycles. The van der Waals surface area contributed by atoms with Crippen molar-refractivity contribution in [3.8, 4) is 17.2 Å². The largest absolute Gasteiger partial charge is 0.450 e. The maximum Gasteiger partial charge on any atom is 0.231 e. The number of hydrogen-bond acceptors (Lipinski definition) is 4. The Balaban J connectivity index is 1.80. The molecule has 1 heterocycles. The van der Waals surface area contributed by atoms with Gasteiger partial charge in [-0.15, -0.1) is 0 Å². The molecular formula is C22H12Cl2N2O2. The van der Waals surface area contributed by atoms with Crippen LogP contribution in [0.1, 0.15) is 21.7 Å². The zero-order valence-corrected chi connectivity index (χ0v) is 15.9. The van der Waals surface area contributed by atoms with Gasteiger partial charge in [-0.05, 0) is 53.6 Å². The highest BCUT2D eigenvalue weighted by molar-refractivity contribution is 6.37. The number of nitrogens with zero attached hydrogens (tertiary/aromatic N) is 1. The quantitative estimate of drug-likeness (QED) is 0.417. The predicted octanol–water partition coefficient (Wildman–Crippen LogP) is 6.09. The summed E-state index contributed by atoms with van der Waals surface area (Å²) in [6, 6.07) is 19.4. The smallest absolute Gasteiger partial charge is 0.231 e. The summed E-state index contributed by atoms with van der Waals surface area (Å²) in [5.41, 5.74) is 9.43. The Hall–Kier alpha value is -3.26. The Morgan fingerprint density at radius 3 is 2.54 bits per heavy atom. The van der Waals surface area contributed by atoms with E-state index >= 15 is 0 Å². The molecule has 0 radical (unpaired) electrons. The van der Waals surface area contributed by atoms with E-state index in [1.165, 1.54) is 6.07 Å². The second-order valence-electron chi connectivity index (χ2n) is 6.20. The van der Waals surface area contributed by atoms with Crippen LogP contribution in [0.15, 0.2) is 65.1 Å². The van der Waals surface area contributed by atoms with Gasteiger partial charge in [0.25, 0.3) is 0 Å². The maximum atomic E-state index is 12.9. The van der Waals surface area contributed by atoms with Crippen LogP contribution in [0, 0.1) is 11.3 Å². The molecule has 6 heteroatoms. The highest BCUT2D eigenvalue weighted by Crippen LogP contribution is 2.34. The fourth-order valence-electron chi connectivity index (χ4n) is 3.03. The number of nitrogens with two attached hydrogens (primary N) is 1. The second-order valence-corrected chi connectivity index (χ2v) is 7.05. The van der Waals surface area contributed by atoms with E-state index in [2.05, 4.69) is 6.07 Å². The summed E-state index contributed by atoms with van der Waals surface area (Å²) in [6.45, 7) is 0. The normalized spacial score (nSPS) is 10.8. The first-order valence-electron chi connectivity index (χ1n) is 8.30. The molecule has 4 rings (SSSR count). The van der Waals surface area contributed by atoms with Gasteiger partial charge in [0.1, 0.15) is 5.58 Å². The number of halogens is 2. The van der Waals surface area contributed by atoms with Gasteiger partial charge < -0.3 is 10.2 Å². The van der Waals surface area contributed by atoms with Crippen molar-refractivity contribution < 1.29 is 9.21 Å². The Morgan fingerprint density at radius 1 is 1.00 bits per heavy atom. The summed E-state index contributed by atoms with van der Waals surface area (Å²) in [5.74, 6) is -0.384. The minimum absolute atomic E-state index is 0.0298. The van der Waals surface area contributed by atoms with Crippen LogP contribution in [0.25, 0.3) is 22.1 Å². The maximum absolute atomic E-state index is 12.9. The van der Waals surface area contributed by atoms with E-state index in [0.717, 1.165) is 11.1 Å². The molecule has 2 N–H and O–H groups in total. The Labute approximate surface area is 170 Å². The number of hydrogen-bond donors (Lipinski definition) is 1. The van der Waals surface area contributed by atoms with Crippen LogP contribution in [0.3, 0.4) is 0 Å². The Bertz CT molecular complexity index is 1290. The molecule has 4 nitrogen and oxygen atoms in total. The minimum Gasteiger partial charge on any atom is -0.450 e. The molecule has 0 fully saturated rings. The van der Waals surface area contributed by atoms with Crippen LogP contribution in [0.2, 0.25) is 10.0 Å². The molecular weight excluding hydrogens is 395 g/mol. The van der Waals surface area contributed by atoms with Crippen molar-refractivity contribution in [2.24, 2.45) is 0 Å². The summed E-state index contributed by atoms with van der Waals surface area (Å²) in [7, 11) is 0. The lowest BCUT2D eigenvalue weighted by atomic mass is 10.0. The zero-order valence-electron chi connectivity index (χ0n) is 14.4. The first-order chi connectivity index (χ1) is 13.5. The third kappa shape index (κ3) is 3.11. The number of ketones is 1. The standard InChI is InChI=1S/C22H12Cl2N2O2/c23-15-5-7-16(18(24)10-15)21(27)22-20(26)17-6-4-14(9-19(17)28-22)13-3-1-2-12(8-13)11-25/h1-10H,26H2. The molecule has 136 valence electrons. The molecule has 0 spiro atoms. The van der Waals surface area contributed by atoms with E-state index in [1.54, 1.807) is 36.4 Å². The number of fused-ring (bicyclic) bond motifs is 1. The van der Waals surface area contributed by atoms with Gasteiger partial charge in [-0.3, -0.25) is 4.79 Å². The number of carbonyl (C=O) groups excluding carboxylic acids is 1. The van der Waals surface area contributed by atoms with Crippen molar-refractivity contribution in [2.45, 2.75) is 0 Å². The molecule has 0 unspecified atom stereocenters. The molecule has 0 aliphatic carbocycles. The van der Waals surface area contributed by atoms with Gasteiger partial charge in [0.15, 0.2) is 5.76 Å². The first-order valence-corrected chi connectivity index (χ1v) is 9.06. The van der Waals surface area contributed by atoms with Crippen LogP contribution in [-0.2, 0) is 0 Å². The van der Waals surface area contributed by atoms with Crippen LogP contribution in [-0.4, -0.2) is 5.78 Å². The molecule has 28 heavy (non-hydrogen) atoms. The molecule has 0 aliphatic heterocycles. The number of nitriles is 1. The molecule has 0 saturated heterocycles. The SMILES string of the molecule is N#Cc1cccc(-c2ccc3c(N)c(C(=O)c4ccc(Cl)cc4Cl)oc3c2)c1. The van der Waals surface area contributed by atoms with E-state index in [0.29, 0.717) is 21.6 Å². The molecule has 1 aromatic heterocycles. The lowest BCUT2D eigenvalue weighted by Gasteiger charge is -2.02. The molecule has 0 amide bonds. The molecule has 4 aromatic rings. The number of benzene rings is 3. The molecule has 0 atom stereocenters. The van der Waals surface area contributed by atoms with Crippen molar-refractivity contribution >= 4 is 45.6 Å². The summed E-state index contributed by atoms with van der Waals surface area (Å²) < 4.78 is 5.79. The number of anilines is 1. The van der Waals surface area contributed by atoms with Crippen molar-refractivity contribution in [1.29, 1.82) is 5.26 Å². The number of carbonyl (C=O) groups is 1. The van der Waals surface area contributed by atoms with Gasteiger partial charge in [-0.1, -0.05) is 41.4 Å². The summed E-state index contributed by atoms with van der Waals surface area (Å²) >= 11 is 12.0. The van der Waals surface area contributed by atoms with E-state index in [4.69, 9.17) is 38.6 Å². The van der Waals surface area contributed by atoms with E-state index < -0.39 is 5.78 Å². The van der Waals surface area contributed by atoms with Crippen LogP contribution in [0.5, 0.6) is 0 Å². The van der Waals surface area contributed by atoms with E-state index in [9.17, 15) is 4.79 Å². The third-order valence-corrected chi connectivity index (χ3v) is 4.98. The average Bonchev–Trinajstić information content (AvgIpc) is 3.03. The average molecular weight is 407 g/mol. The van der Waals surface area contributed by atoms with Crippen molar-refractivity contribution in [1.82, 2.24) is 0 Å². The van der Waals surface area contributed by atoms with Crippen molar-refractivity contribution in [3.05, 3.63) is 87.6 Å². The fraction of sp³-hybridized carbons (Fsp3) is 0. The number of rotatable bonds is 3. The number of furan rings is 1.